The van der Waals surface area contributed by atoms with Crippen LogP contribution in [0.1, 0.15) is 0 Å². The molecule has 0 spiro atoms. The van der Waals surface area contributed by atoms with E-state index in [1.54, 1.807) is 24.3 Å². The number of hydrogen-bond donors (Lipinski definition) is 2. The number of carbonyl (C=O) groups is 3. The van der Waals surface area contributed by atoms with Gasteiger partial charge in [-0.3, -0.25) is 18.7 Å². The molecule has 168 valence electrons. The number of carboxylic acids is 1. The Hall–Kier alpha value is -1.69. The summed E-state index contributed by atoms with van der Waals surface area (Å²) >= 11 is 9.60. The molecule has 2 aliphatic rings. The molecule has 8 nitrogen and oxygen atoms in total. The maximum atomic E-state index is 13.7. The fourth-order valence-electron chi connectivity index (χ4n) is 3.90. The van der Waals surface area contributed by atoms with Crippen molar-refractivity contribution in [2.45, 2.75) is 28.9 Å². The Morgan fingerprint density at radius 1 is 1.35 bits per heavy atom. The van der Waals surface area contributed by atoms with E-state index in [-0.39, 0.29) is 23.5 Å². The van der Waals surface area contributed by atoms with Gasteiger partial charge in [-0.15, -0.1) is 11.6 Å². The van der Waals surface area contributed by atoms with Crippen molar-refractivity contribution in [3.63, 3.8) is 0 Å². The van der Waals surface area contributed by atoms with Crippen LogP contribution in [0.3, 0.4) is 0 Å². The maximum absolute atomic E-state index is 13.7. The molecule has 1 fully saturated rings. The van der Waals surface area contributed by atoms with E-state index in [9.17, 15) is 23.7 Å². The Morgan fingerprint density at radius 3 is 2.52 bits per heavy atom. The highest BCUT2D eigenvalue weighted by atomic mass is 79.9. The topological polar surface area (TPSA) is 113 Å². The Kier molecular flexibility index (Phi) is 7.29. The van der Waals surface area contributed by atoms with Crippen LogP contribution in [0, 0.1) is 0 Å². The van der Waals surface area contributed by atoms with E-state index in [0.29, 0.717) is 11.3 Å². The number of para-hydroxylation sites is 1. The van der Waals surface area contributed by atoms with Crippen molar-refractivity contribution in [3.05, 3.63) is 41.6 Å². The second-order valence-corrected chi connectivity index (χ2v) is 13.8. The predicted octanol–water partition coefficient (Wildman–Crippen LogP) is 1.22. The number of amides is 2. The van der Waals surface area contributed by atoms with Crippen LogP contribution in [0.15, 0.2) is 41.6 Å². The van der Waals surface area contributed by atoms with Crippen molar-refractivity contribution in [1.29, 1.82) is 0 Å². The lowest BCUT2D eigenvalue weighted by Gasteiger charge is -2.55. The third-order valence-electron chi connectivity index (χ3n) is 5.56. The van der Waals surface area contributed by atoms with Crippen LogP contribution in [-0.4, -0.2) is 74.4 Å². The molecular formula is C19H22BrClN2O6SSi. The Morgan fingerprint density at radius 2 is 2.00 bits per heavy atom. The summed E-state index contributed by atoms with van der Waals surface area (Å²) in [6.45, 7) is 3.56. The van der Waals surface area contributed by atoms with Crippen LogP contribution < -0.4 is 10.1 Å². The normalized spacial score (nSPS) is 27.6. The molecule has 2 heterocycles. The average molecular weight is 550 g/mol. The number of carboxylic acid groups (broad SMARTS) is 1. The van der Waals surface area contributed by atoms with Gasteiger partial charge in [-0.05, 0) is 17.7 Å². The molecule has 31 heavy (non-hydrogen) atoms. The summed E-state index contributed by atoms with van der Waals surface area (Å²) in [4.78, 5) is 38.3. The second kappa shape index (κ2) is 9.43. The highest BCUT2D eigenvalue weighted by molar-refractivity contribution is 9.09. The first-order valence-electron chi connectivity index (χ1n) is 9.50. The van der Waals surface area contributed by atoms with Gasteiger partial charge in [-0.2, -0.15) is 0 Å². The Bertz CT molecular complexity index is 962. The summed E-state index contributed by atoms with van der Waals surface area (Å²) in [6, 6.07) is 7.60. The van der Waals surface area contributed by atoms with Gasteiger partial charge in [-0.1, -0.05) is 47.2 Å². The van der Waals surface area contributed by atoms with Crippen molar-refractivity contribution in [2.75, 3.05) is 17.8 Å². The summed E-state index contributed by atoms with van der Waals surface area (Å²) in [5, 5.41) is 11.5. The number of hydrogen-bond acceptors (Lipinski definition) is 5. The molecule has 0 saturated carbocycles. The molecule has 2 aliphatic heterocycles. The number of ether oxygens (including phenoxy) is 1. The van der Waals surface area contributed by atoms with Gasteiger partial charge in [0.1, 0.15) is 22.9 Å². The number of rotatable bonds is 8. The number of alkyl halides is 2. The van der Waals surface area contributed by atoms with Gasteiger partial charge in [0.25, 0.3) is 11.8 Å². The van der Waals surface area contributed by atoms with Crippen LogP contribution >= 0.6 is 27.5 Å². The Labute approximate surface area is 197 Å². The maximum Gasteiger partial charge on any atom is 0.352 e. The highest BCUT2D eigenvalue weighted by Gasteiger charge is 2.64. The number of carbonyl (C=O) groups excluding carboxylic acids is 2. The van der Waals surface area contributed by atoms with Gasteiger partial charge in [0.2, 0.25) is 0 Å². The first kappa shape index (κ1) is 24.0. The summed E-state index contributed by atoms with van der Waals surface area (Å²) < 4.78 is 18.0. The van der Waals surface area contributed by atoms with Gasteiger partial charge < -0.3 is 15.2 Å². The number of aliphatic carboxylic acids is 1. The molecule has 12 heteroatoms. The largest absolute Gasteiger partial charge is 0.484 e. The molecule has 3 rings (SSSR count). The smallest absolute Gasteiger partial charge is 0.352 e. The van der Waals surface area contributed by atoms with Gasteiger partial charge in [0.05, 0.1) is 24.0 Å². The minimum Gasteiger partial charge on any atom is -0.484 e. The van der Waals surface area contributed by atoms with Crippen molar-refractivity contribution in [1.82, 2.24) is 10.2 Å². The van der Waals surface area contributed by atoms with E-state index in [0.717, 1.165) is 4.90 Å². The lowest BCUT2D eigenvalue weighted by Crippen LogP contribution is -2.78. The van der Waals surface area contributed by atoms with E-state index in [4.69, 9.17) is 16.3 Å². The summed E-state index contributed by atoms with van der Waals surface area (Å²) in [5.41, 5.74) is 0.177. The standard InChI is InChI=1S/C19H22BrClN2O6SSi/c1-31(2)19(10-21)12(8-20)15(18(26)27)23-16(25)14(17(23)30(19)28)22-13(24)9-29-11-6-4-3-5-7-11/h3-7,14,17,31H,8-10H2,1-2H3,(H,22,24)(H,26,27)/t14?,17-,19?,30?/m1/s1. The number of benzene rings is 1. The van der Waals surface area contributed by atoms with Gasteiger partial charge >= 0.3 is 5.97 Å². The highest BCUT2D eigenvalue weighted by Crippen LogP contribution is 2.46. The van der Waals surface area contributed by atoms with Crippen LogP contribution in [0.2, 0.25) is 13.1 Å². The van der Waals surface area contributed by atoms with E-state index < -0.39 is 53.2 Å². The third kappa shape index (κ3) is 3.96. The zero-order valence-corrected chi connectivity index (χ0v) is 21.2. The van der Waals surface area contributed by atoms with E-state index in [1.807, 2.05) is 19.2 Å². The van der Waals surface area contributed by atoms with Gasteiger partial charge in [0, 0.05) is 11.2 Å². The lowest BCUT2D eigenvalue weighted by molar-refractivity contribution is -0.151. The second-order valence-electron chi connectivity index (χ2n) is 7.49. The van der Waals surface area contributed by atoms with E-state index in [2.05, 4.69) is 21.2 Å². The molecule has 4 atom stereocenters. The van der Waals surface area contributed by atoms with E-state index in [1.165, 1.54) is 0 Å². The fourth-order valence-corrected chi connectivity index (χ4v) is 11.9. The molecule has 1 aromatic rings. The average Bonchev–Trinajstić information content (AvgIpc) is 2.75. The van der Waals surface area contributed by atoms with E-state index >= 15 is 0 Å². The van der Waals surface area contributed by atoms with Crippen LogP contribution in [0.4, 0.5) is 0 Å². The number of nitrogens with zero attached hydrogens (tertiary/aromatic N) is 1. The minimum atomic E-state index is -1.83. The zero-order chi connectivity index (χ0) is 22.9. The molecule has 1 saturated heterocycles. The van der Waals surface area contributed by atoms with Crippen LogP contribution in [0.5, 0.6) is 5.75 Å². The summed E-state index contributed by atoms with van der Waals surface area (Å²) in [7, 11) is -3.53. The SMILES string of the molecule is C[SiH](C)C1(CCl)C(CBr)=C(C(=O)O)N2C(=O)C(NC(=O)COc3ccccc3)[C@H]2S1=O. The summed E-state index contributed by atoms with van der Waals surface area (Å²) in [6.07, 6.45) is 0. The quantitative estimate of drug-likeness (QED) is 0.286. The van der Waals surface area contributed by atoms with Crippen LogP contribution in [-0.2, 0) is 25.2 Å². The first-order chi connectivity index (χ1) is 14.7. The molecule has 0 aromatic heterocycles. The zero-order valence-electron chi connectivity index (χ0n) is 16.8. The lowest BCUT2D eigenvalue weighted by atomic mass is 10.0. The molecule has 1 aromatic carbocycles. The molecule has 2 N–H and O–H groups in total. The molecular weight excluding hydrogens is 528 g/mol. The van der Waals surface area contributed by atoms with Crippen molar-refractivity contribution in [2.24, 2.45) is 0 Å². The predicted molar refractivity (Wildman–Crippen MR) is 123 cm³/mol. The van der Waals surface area contributed by atoms with Crippen molar-refractivity contribution < 1.29 is 28.4 Å². The summed E-state index contributed by atoms with van der Waals surface area (Å²) in [5.74, 6) is -2.01. The number of nitrogens with one attached hydrogen (secondary N) is 1. The molecule has 3 unspecified atom stereocenters. The van der Waals surface area contributed by atoms with Crippen LogP contribution in [0.25, 0.3) is 0 Å². The molecule has 0 bridgehead atoms. The van der Waals surface area contributed by atoms with Crippen molar-refractivity contribution >= 4 is 64.9 Å². The first-order valence-corrected chi connectivity index (χ1v) is 15.3. The number of β-lactam (4-membered cyclic amide) rings is 1. The molecule has 0 aliphatic carbocycles. The van der Waals surface area contributed by atoms with Gasteiger partial charge in [-0.25, -0.2) is 4.79 Å². The minimum absolute atomic E-state index is 0.0302. The van der Waals surface area contributed by atoms with Crippen molar-refractivity contribution in [3.8, 4) is 5.75 Å². The van der Waals surface area contributed by atoms with Gasteiger partial charge in [0.15, 0.2) is 6.61 Å². The number of fused-ring (bicyclic) bond motifs is 1. The fraction of sp³-hybridized carbons (Fsp3) is 0.421. The molecule has 2 amide bonds. The molecule has 0 radical (unpaired) electrons. The Balaban J connectivity index is 1.88. The monoisotopic (exact) mass is 548 g/mol. The third-order valence-corrected chi connectivity index (χ3v) is 13.5. The number of halogens is 2.